The number of rotatable bonds is 4. The van der Waals surface area contributed by atoms with Gasteiger partial charge in [-0.25, -0.2) is 14.4 Å². The molecule has 0 aliphatic rings. The van der Waals surface area contributed by atoms with Crippen LogP contribution in [-0.2, 0) is 14.3 Å². The van der Waals surface area contributed by atoms with Gasteiger partial charge in [0, 0.05) is 0 Å². The van der Waals surface area contributed by atoms with E-state index < -0.39 is 23.5 Å². The lowest BCUT2D eigenvalue weighted by molar-refractivity contribution is -0.158. The Morgan fingerprint density at radius 1 is 0.750 bits per heavy atom. The summed E-state index contributed by atoms with van der Waals surface area (Å²) in [7, 11) is 0. The van der Waals surface area contributed by atoms with Crippen LogP contribution in [0.5, 0.6) is 0 Å². The molecule has 0 aliphatic heterocycles. The quantitative estimate of drug-likeness (QED) is 0.636. The molecule has 0 saturated heterocycles. The van der Waals surface area contributed by atoms with Crippen LogP contribution in [0.2, 0.25) is 0 Å². The van der Waals surface area contributed by atoms with Gasteiger partial charge in [0.1, 0.15) is 5.60 Å². The highest BCUT2D eigenvalue weighted by Gasteiger charge is 2.18. The van der Waals surface area contributed by atoms with Crippen molar-refractivity contribution in [2.75, 3.05) is 6.61 Å². The van der Waals surface area contributed by atoms with Crippen LogP contribution >= 0.6 is 0 Å². The molecular formula is C26H34O6. The molecule has 6 nitrogen and oxygen atoms in total. The summed E-state index contributed by atoms with van der Waals surface area (Å²) >= 11 is 0. The van der Waals surface area contributed by atoms with Crippen molar-refractivity contribution in [3.63, 3.8) is 0 Å². The van der Waals surface area contributed by atoms with Crippen molar-refractivity contribution in [3.8, 4) is 0 Å². The zero-order valence-electron chi connectivity index (χ0n) is 20.5. The predicted molar refractivity (Wildman–Crippen MR) is 124 cm³/mol. The molecule has 0 aliphatic carbocycles. The van der Waals surface area contributed by atoms with Gasteiger partial charge in [0.15, 0.2) is 6.61 Å². The standard InChI is InChI=1S/C16H22O4.C10H12O2/c1-10-7-13(8-11(2)12(10)3)15(18)19-9-14(17)20-16(4,5)6;1-6-4-9(10(11)12)5-7(2)8(6)3/h7-8H,9H2,1-6H3;4-5H,1-3H3,(H,11,12). The van der Waals surface area contributed by atoms with Crippen LogP contribution in [0.1, 0.15) is 74.9 Å². The van der Waals surface area contributed by atoms with Crippen LogP contribution < -0.4 is 0 Å². The number of carboxylic acids is 1. The minimum atomic E-state index is -0.860. The van der Waals surface area contributed by atoms with E-state index in [0.29, 0.717) is 11.1 Å². The number of esters is 2. The summed E-state index contributed by atoms with van der Waals surface area (Å²) in [6.45, 7) is 16.6. The number of hydrogen-bond acceptors (Lipinski definition) is 5. The van der Waals surface area contributed by atoms with Crippen LogP contribution in [0.15, 0.2) is 24.3 Å². The van der Waals surface area contributed by atoms with E-state index in [1.165, 1.54) is 5.56 Å². The first-order chi connectivity index (χ1) is 14.6. The second-order valence-electron chi connectivity index (χ2n) is 8.94. The molecule has 0 saturated carbocycles. The van der Waals surface area contributed by atoms with Gasteiger partial charge in [-0.15, -0.1) is 0 Å². The third kappa shape index (κ3) is 8.17. The third-order valence-electron chi connectivity index (χ3n) is 5.08. The molecule has 1 N–H and O–H groups in total. The maximum atomic E-state index is 11.9. The summed E-state index contributed by atoms with van der Waals surface area (Å²) in [4.78, 5) is 34.0. The zero-order valence-corrected chi connectivity index (χ0v) is 20.5. The molecule has 2 rings (SSSR count). The maximum Gasteiger partial charge on any atom is 0.344 e. The van der Waals surface area contributed by atoms with Gasteiger partial charge in [0.25, 0.3) is 0 Å². The fourth-order valence-corrected chi connectivity index (χ4v) is 2.89. The molecule has 0 amide bonds. The molecule has 0 aromatic heterocycles. The van der Waals surface area contributed by atoms with Crippen LogP contribution in [-0.4, -0.2) is 35.2 Å². The van der Waals surface area contributed by atoms with E-state index in [-0.39, 0.29) is 6.61 Å². The first kappa shape index (κ1) is 26.9. The van der Waals surface area contributed by atoms with Crippen molar-refractivity contribution < 1.29 is 29.0 Å². The van der Waals surface area contributed by atoms with E-state index in [2.05, 4.69) is 0 Å². The summed E-state index contributed by atoms with van der Waals surface area (Å²) in [5.41, 5.74) is 6.67. The van der Waals surface area contributed by atoms with Gasteiger partial charge in [-0.1, -0.05) is 0 Å². The molecule has 2 aromatic rings. The molecule has 32 heavy (non-hydrogen) atoms. The van der Waals surface area contributed by atoms with Gasteiger partial charge in [-0.05, 0) is 120 Å². The molecule has 0 spiro atoms. The SMILES string of the molecule is Cc1cc(C(=O)O)cc(C)c1C.Cc1cc(C(=O)OCC(=O)OC(C)(C)C)cc(C)c1C. The average molecular weight is 443 g/mol. The summed E-state index contributed by atoms with van der Waals surface area (Å²) in [5.74, 6) is -1.92. The zero-order chi connectivity index (χ0) is 24.8. The molecule has 0 bridgehead atoms. The fourth-order valence-electron chi connectivity index (χ4n) is 2.89. The van der Waals surface area contributed by atoms with E-state index in [0.717, 1.165) is 27.8 Å². The van der Waals surface area contributed by atoms with Crippen LogP contribution in [0, 0.1) is 41.5 Å². The topological polar surface area (TPSA) is 89.9 Å². The Morgan fingerprint density at radius 2 is 1.12 bits per heavy atom. The molecule has 0 heterocycles. The van der Waals surface area contributed by atoms with Crippen molar-refractivity contribution >= 4 is 17.9 Å². The van der Waals surface area contributed by atoms with Crippen LogP contribution in [0.3, 0.4) is 0 Å². The minimum Gasteiger partial charge on any atom is -0.478 e. The van der Waals surface area contributed by atoms with E-state index in [1.807, 2.05) is 41.5 Å². The summed E-state index contributed by atoms with van der Waals surface area (Å²) < 4.78 is 10.0. The summed E-state index contributed by atoms with van der Waals surface area (Å²) in [6, 6.07) is 6.93. The smallest absolute Gasteiger partial charge is 0.344 e. The Balaban J connectivity index is 0.000000363. The van der Waals surface area contributed by atoms with Crippen molar-refractivity contribution in [1.29, 1.82) is 0 Å². The molecule has 0 unspecified atom stereocenters. The van der Waals surface area contributed by atoms with Gasteiger partial charge in [-0.3, -0.25) is 0 Å². The van der Waals surface area contributed by atoms with E-state index in [4.69, 9.17) is 14.6 Å². The first-order valence-corrected chi connectivity index (χ1v) is 10.4. The highest BCUT2D eigenvalue weighted by atomic mass is 16.6. The van der Waals surface area contributed by atoms with E-state index in [1.54, 1.807) is 45.0 Å². The number of hydrogen-bond donors (Lipinski definition) is 1. The highest BCUT2D eigenvalue weighted by Crippen LogP contribution is 2.17. The lowest BCUT2D eigenvalue weighted by Gasteiger charge is -2.19. The molecular weight excluding hydrogens is 408 g/mol. The predicted octanol–water partition coefficient (Wildman–Crippen LogP) is 5.42. The van der Waals surface area contributed by atoms with Crippen molar-refractivity contribution in [3.05, 3.63) is 68.8 Å². The lowest BCUT2D eigenvalue weighted by Crippen LogP contribution is -2.27. The second-order valence-corrected chi connectivity index (χ2v) is 8.94. The Kier molecular flexibility index (Phi) is 9.19. The lowest BCUT2D eigenvalue weighted by atomic mass is 10.0. The van der Waals surface area contributed by atoms with Gasteiger partial charge in [0.05, 0.1) is 11.1 Å². The summed E-state index contributed by atoms with van der Waals surface area (Å²) in [6.07, 6.45) is 0. The van der Waals surface area contributed by atoms with Crippen molar-refractivity contribution in [1.82, 2.24) is 0 Å². The minimum absolute atomic E-state index is 0.371. The number of aryl methyl sites for hydroxylation is 4. The third-order valence-corrected chi connectivity index (χ3v) is 5.08. The van der Waals surface area contributed by atoms with Crippen molar-refractivity contribution in [2.45, 2.75) is 67.9 Å². The van der Waals surface area contributed by atoms with E-state index in [9.17, 15) is 14.4 Å². The molecule has 0 atom stereocenters. The van der Waals surface area contributed by atoms with Gasteiger partial charge >= 0.3 is 17.9 Å². The number of ether oxygens (including phenoxy) is 2. The Morgan fingerprint density at radius 3 is 1.47 bits per heavy atom. The molecule has 2 aromatic carbocycles. The Bertz CT molecular complexity index is 965. The molecule has 0 radical (unpaired) electrons. The second kappa shape index (κ2) is 10.9. The van der Waals surface area contributed by atoms with E-state index >= 15 is 0 Å². The molecule has 6 heteroatoms. The number of carbonyl (C=O) groups is 3. The van der Waals surface area contributed by atoms with Crippen LogP contribution in [0.4, 0.5) is 0 Å². The summed E-state index contributed by atoms with van der Waals surface area (Å²) in [5, 5.41) is 8.72. The molecule has 0 fully saturated rings. The first-order valence-electron chi connectivity index (χ1n) is 10.4. The fraction of sp³-hybridized carbons (Fsp3) is 0.423. The van der Waals surface area contributed by atoms with Gasteiger partial charge < -0.3 is 14.6 Å². The largest absolute Gasteiger partial charge is 0.478 e. The van der Waals surface area contributed by atoms with Crippen molar-refractivity contribution in [2.24, 2.45) is 0 Å². The Hall–Kier alpha value is -3.15. The number of carboxylic acid groups (broad SMARTS) is 1. The number of carbonyl (C=O) groups excluding carboxylic acids is 2. The monoisotopic (exact) mass is 442 g/mol. The average Bonchev–Trinajstić information content (AvgIpc) is 2.66. The van der Waals surface area contributed by atoms with Gasteiger partial charge in [-0.2, -0.15) is 0 Å². The Labute approximate surface area is 190 Å². The normalized spacial score (nSPS) is 10.7. The van der Waals surface area contributed by atoms with Gasteiger partial charge in [0.2, 0.25) is 0 Å². The molecule has 174 valence electrons. The number of benzene rings is 2. The number of aromatic carboxylic acids is 1. The van der Waals surface area contributed by atoms with Crippen LogP contribution in [0.25, 0.3) is 0 Å². The highest BCUT2D eigenvalue weighted by molar-refractivity contribution is 5.91. The maximum absolute atomic E-state index is 11.9.